The molecule has 17 heavy (non-hydrogen) atoms. The molecule has 0 bridgehead atoms. The van der Waals surface area contributed by atoms with Gasteiger partial charge < -0.3 is 4.74 Å². The van der Waals surface area contributed by atoms with Gasteiger partial charge in [0.2, 0.25) is 0 Å². The lowest BCUT2D eigenvalue weighted by molar-refractivity contribution is -0.138. The number of hydrogen-bond donors (Lipinski definition) is 0. The number of carbonyl (C=O) groups excluding carboxylic acids is 1. The van der Waals surface area contributed by atoms with Crippen molar-refractivity contribution in [3.05, 3.63) is 29.8 Å². The van der Waals surface area contributed by atoms with Crippen molar-refractivity contribution in [2.45, 2.75) is 46.5 Å². The van der Waals surface area contributed by atoms with Crippen LogP contribution in [0, 0.1) is 5.92 Å². The molecular weight excluding hydrogens is 212 g/mol. The Labute approximate surface area is 104 Å². The molecule has 1 aromatic carbocycles. The first-order valence-electron chi connectivity index (χ1n) is 6.17. The maximum atomic E-state index is 11.6. The minimum atomic E-state index is -0.156. The van der Waals surface area contributed by atoms with Crippen LogP contribution in [-0.4, -0.2) is 5.97 Å². The predicted molar refractivity (Wildman–Crippen MR) is 70.2 cm³/mol. The van der Waals surface area contributed by atoms with Gasteiger partial charge in [0, 0.05) is 0 Å². The van der Waals surface area contributed by atoms with E-state index in [4.69, 9.17) is 4.74 Å². The summed E-state index contributed by atoms with van der Waals surface area (Å²) >= 11 is 0. The molecule has 0 amide bonds. The topological polar surface area (TPSA) is 26.3 Å². The fourth-order valence-corrected chi connectivity index (χ4v) is 1.41. The van der Waals surface area contributed by atoms with Crippen LogP contribution in [0.4, 0.5) is 0 Å². The van der Waals surface area contributed by atoms with Crippen LogP contribution in [0.3, 0.4) is 0 Å². The van der Waals surface area contributed by atoms with Crippen LogP contribution in [0.1, 0.15) is 46.6 Å². The van der Waals surface area contributed by atoms with Gasteiger partial charge in [-0.2, -0.15) is 0 Å². The second-order valence-electron chi connectivity index (χ2n) is 5.50. The van der Waals surface area contributed by atoms with Crippen molar-refractivity contribution in [3.63, 3.8) is 0 Å². The van der Waals surface area contributed by atoms with E-state index < -0.39 is 0 Å². The van der Waals surface area contributed by atoms with E-state index in [0.29, 0.717) is 5.75 Å². The minimum Gasteiger partial charge on any atom is -0.426 e. The first-order chi connectivity index (χ1) is 7.84. The van der Waals surface area contributed by atoms with Crippen LogP contribution < -0.4 is 4.74 Å². The maximum absolute atomic E-state index is 11.6. The van der Waals surface area contributed by atoms with Crippen molar-refractivity contribution in [3.8, 4) is 5.75 Å². The van der Waals surface area contributed by atoms with Crippen molar-refractivity contribution in [1.82, 2.24) is 0 Å². The third-order valence-electron chi connectivity index (χ3n) is 2.95. The lowest BCUT2D eigenvalue weighted by Gasteiger charge is -2.19. The molecule has 0 radical (unpaired) electrons. The Hall–Kier alpha value is -1.31. The molecule has 2 heteroatoms. The standard InChI is InChI=1S/C15H22O2/c1-6-11(2)14(16)17-13-9-7-12(8-10-13)15(3,4)5/h7-11H,6H2,1-5H3. The largest absolute Gasteiger partial charge is 0.426 e. The molecule has 0 saturated heterocycles. The normalized spacial score (nSPS) is 13.2. The molecule has 0 N–H and O–H groups in total. The smallest absolute Gasteiger partial charge is 0.314 e. The summed E-state index contributed by atoms with van der Waals surface area (Å²) in [7, 11) is 0. The van der Waals surface area contributed by atoms with Gasteiger partial charge in [-0.05, 0) is 29.5 Å². The van der Waals surface area contributed by atoms with Gasteiger partial charge in [-0.3, -0.25) is 4.79 Å². The molecule has 0 spiro atoms. The fraction of sp³-hybridized carbons (Fsp3) is 0.533. The molecule has 0 aliphatic carbocycles. The van der Waals surface area contributed by atoms with E-state index in [1.807, 2.05) is 38.1 Å². The summed E-state index contributed by atoms with van der Waals surface area (Å²) in [5.41, 5.74) is 1.36. The molecule has 0 aliphatic rings. The molecular formula is C15H22O2. The van der Waals surface area contributed by atoms with Gasteiger partial charge in [0.15, 0.2) is 0 Å². The number of carbonyl (C=O) groups is 1. The second kappa shape index (κ2) is 5.35. The average Bonchev–Trinajstić information content (AvgIpc) is 2.27. The van der Waals surface area contributed by atoms with E-state index in [2.05, 4.69) is 20.8 Å². The Morgan fingerprint density at radius 1 is 1.24 bits per heavy atom. The summed E-state index contributed by atoms with van der Waals surface area (Å²) in [5, 5.41) is 0. The van der Waals surface area contributed by atoms with Crippen LogP contribution >= 0.6 is 0 Å². The number of esters is 1. The van der Waals surface area contributed by atoms with Gasteiger partial charge in [-0.25, -0.2) is 0 Å². The first kappa shape index (κ1) is 13.8. The molecule has 0 heterocycles. The van der Waals surface area contributed by atoms with Crippen LogP contribution in [-0.2, 0) is 10.2 Å². The van der Waals surface area contributed by atoms with Crippen molar-refractivity contribution < 1.29 is 9.53 Å². The first-order valence-corrected chi connectivity index (χ1v) is 6.17. The molecule has 0 aliphatic heterocycles. The maximum Gasteiger partial charge on any atom is 0.314 e. The Morgan fingerprint density at radius 2 is 1.76 bits per heavy atom. The summed E-state index contributed by atoms with van der Waals surface area (Å²) in [6.07, 6.45) is 0.804. The summed E-state index contributed by atoms with van der Waals surface area (Å²) in [4.78, 5) is 11.6. The summed E-state index contributed by atoms with van der Waals surface area (Å²) in [5.74, 6) is 0.427. The van der Waals surface area contributed by atoms with Crippen LogP contribution in [0.2, 0.25) is 0 Å². The monoisotopic (exact) mass is 234 g/mol. The van der Waals surface area contributed by atoms with Gasteiger partial charge in [0.25, 0.3) is 0 Å². The highest BCUT2D eigenvalue weighted by atomic mass is 16.5. The molecule has 2 nitrogen and oxygen atoms in total. The third-order valence-corrected chi connectivity index (χ3v) is 2.95. The Balaban J connectivity index is 2.73. The van der Waals surface area contributed by atoms with E-state index in [1.54, 1.807) is 0 Å². The van der Waals surface area contributed by atoms with Crippen molar-refractivity contribution in [2.24, 2.45) is 5.92 Å². The zero-order valence-electron chi connectivity index (χ0n) is 11.4. The van der Waals surface area contributed by atoms with Gasteiger partial charge in [0.05, 0.1) is 5.92 Å². The Kier molecular flexibility index (Phi) is 4.33. The van der Waals surface area contributed by atoms with Crippen LogP contribution in [0.15, 0.2) is 24.3 Å². The van der Waals surface area contributed by atoms with Crippen LogP contribution in [0.5, 0.6) is 5.75 Å². The van der Waals surface area contributed by atoms with Crippen molar-refractivity contribution in [1.29, 1.82) is 0 Å². The summed E-state index contributed by atoms with van der Waals surface area (Å²) in [6.45, 7) is 10.3. The molecule has 1 unspecified atom stereocenters. The number of ether oxygens (including phenoxy) is 1. The third kappa shape index (κ3) is 3.88. The van der Waals surface area contributed by atoms with E-state index >= 15 is 0 Å². The Morgan fingerprint density at radius 3 is 2.18 bits per heavy atom. The van der Waals surface area contributed by atoms with Crippen LogP contribution in [0.25, 0.3) is 0 Å². The van der Waals surface area contributed by atoms with E-state index in [0.717, 1.165) is 6.42 Å². The number of hydrogen-bond acceptors (Lipinski definition) is 2. The summed E-state index contributed by atoms with van der Waals surface area (Å²) < 4.78 is 5.30. The SMILES string of the molecule is CCC(C)C(=O)Oc1ccc(C(C)(C)C)cc1. The molecule has 1 atom stereocenters. The molecule has 0 saturated carbocycles. The Bertz CT molecular complexity index is 371. The van der Waals surface area contributed by atoms with Crippen molar-refractivity contribution >= 4 is 5.97 Å². The second-order valence-corrected chi connectivity index (χ2v) is 5.50. The number of benzene rings is 1. The quantitative estimate of drug-likeness (QED) is 0.585. The van der Waals surface area contributed by atoms with Crippen molar-refractivity contribution in [2.75, 3.05) is 0 Å². The molecule has 1 rings (SSSR count). The van der Waals surface area contributed by atoms with Gasteiger partial charge in [-0.15, -0.1) is 0 Å². The minimum absolute atomic E-state index is 0.0442. The highest BCUT2D eigenvalue weighted by Crippen LogP contribution is 2.24. The highest BCUT2D eigenvalue weighted by Gasteiger charge is 2.15. The number of rotatable bonds is 3. The van der Waals surface area contributed by atoms with Gasteiger partial charge in [-0.1, -0.05) is 46.8 Å². The lowest BCUT2D eigenvalue weighted by Crippen LogP contribution is -2.17. The zero-order valence-corrected chi connectivity index (χ0v) is 11.4. The lowest BCUT2D eigenvalue weighted by atomic mass is 9.87. The van der Waals surface area contributed by atoms with E-state index in [-0.39, 0.29) is 17.3 Å². The fourth-order valence-electron chi connectivity index (χ4n) is 1.41. The molecule has 0 aromatic heterocycles. The van der Waals surface area contributed by atoms with Gasteiger partial charge in [0.1, 0.15) is 5.75 Å². The summed E-state index contributed by atoms with van der Waals surface area (Å²) in [6, 6.07) is 7.75. The zero-order chi connectivity index (χ0) is 13.1. The molecule has 0 fully saturated rings. The average molecular weight is 234 g/mol. The van der Waals surface area contributed by atoms with E-state index in [1.165, 1.54) is 5.56 Å². The predicted octanol–water partition coefficient (Wildman–Crippen LogP) is 3.94. The van der Waals surface area contributed by atoms with Gasteiger partial charge >= 0.3 is 5.97 Å². The highest BCUT2D eigenvalue weighted by molar-refractivity contribution is 5.74. The molecule has 94 valence electrons. The molecule has 1 aromatic rings. The van der Waals surface area contributed by atoms with E-state index in [9.17, 15) is 4.79 Å².